The van der Waals surface area contributed by atoms with Gasteiger partial charge in [-0.2, -0.15) is 0 Å². The number of hydrogen-bond acceptors (Lipinski definition) is 0. The lowest BCUT2D eigenvalue weighted by atomic mass is 9.92. The second-order valence-corrected chi connectivity index (χ2v) is 7.42. The van der Waals surface area contributed by atoms with Crippen molar-refractivity contribution in [2.45, 2.75) is 19.3 Å². The Morgan fingerprint density at radius 2 is 1.10 bits per heavy atom. The molecule has 0 nitrogen and oxygen atoms in total. The zero-order chi connectivity index (χ0) is 20.2. The highest BCUT2D eigenvalue weighted by atomic mass is 19.2. The van der Waals surface area contributed by atoms with Gasteiger partial charge in [0.15, 0.2) is 11.6 Å². The zero-order valence-electron chi connectivity index (χ0n) is 16.3. The van der Waals surface area contributed by atoms with Crippen LogP contribution in [0.1, 0.15) is 24.0 Å². The Morgan fingerprint density at radius 1 is 0.586 bits per heavy atom. The molecule has 0 aliphatic rings. The first kappa shape index (κ1) is 19.1. The van der Waals surface area contributed by atoms with Crippen molar-refractivity contribution in [3.63, 3.8) is 0 Å². The molecule has 0 aliphatic heterocycles. The molecule has 0 aromatic heterocycles. The van der Waals surface area contributed by atoms with Crippen molar-refractivity contribution in [3.8, 4) is 22.3 Å². The van der Waals surface area contributed by atoms with E-state index in [-0.39, 0.29) is 0 Å². The van der Waals surface area contributed by atoms with Crippen LogP contribution in [0.5, 0.6) is 0 Å². The number of rotatable bonds is 5. The Bertz CT molecular complexity index is 1080. The molecule has 0 radical (unpaired) electrons. The van der Waals surface area contributed by atoms with Gasteiger partial charge in [0.2, 0.25) is 0 Å². The van der Waals surface area contributed by atoms with Crippen LogP contribution in [-0.4, -0.2) is 0 Å². The lowest BCUT2D eigenvalue weighted by Gasteiger charge is -2.12. The molecule has 144 valence electrons. The molecule has 0 heterocycles. The predicted molar refractivity (Wildman–Crippen MR) is 116 cm³/mol. The molecule has 0 aliphatic carbocycles. The average Bonchev–Trinajstić information content (AvgIpc) is 2.77. The van der Waals surface area contributed by atoms with Gasteiger partial charge in [-0.25, -0.2) is 8.78 Å². The van der Waals surface area contributed by atoms with Crippen LogP contribution in [0.25, 0.3) is 22.3 Å². The Hall–Kier alpha value is -3.26. The molecular formula is C27H22F2. The molecule has 0 N–H and O–H groups in total. The van der Waals surface area contributed by atoms with Crippen LogP contribution in [0.3, 0.4) is 0 Å². The highest BCUT2D eigenvalue weighted by Gasteiger charge is 2.08. The van der Waals surface area contributed by atoms with E-state index in [4.69, 9.17) is 0 Å². The summed E-state index contributed by atoms with van der Waals surface area (Å²) in [5.41, 5.74) is 6.42. The van der Waals surface area contributed by atoms with Crippen molar-refractivity contribution >= 4 is 0 Å². The third-order valence-corrected chi connectivity index (χ3v) is 5.34. The lowest BCUT2D eigenvalue weighted by molar-refractivity contribution is 0.509. The van der Waals surface area contributed by atoms with Gasteiger partial charge in [0, 0.05) is 0 Å². The van der Waals surface area contributed by atoms with E-state index in [0.29, 0.717) is 11.5 Å². The van der Waals surface area contributed by atoms with Gasteiger partial charge in [-0.3, -0.25) is 0 Å². The van der Waals surface area contributed by atoms with E-state index in [1.165, 1.54) is 17.2 Å². The third-order valence-electron chi connectivity index (χ3n) is 5.34. The van der Waals surface area contributed by atoms with Crippen LogP contribution in [0.2, 0.25) is 0 Å². The molecule has 0 fully saturated rings. The predicted octanol–water partition coefficient (Wildman–Crippen LogP) is 7.65. The smallest absolute Gasteiger partial charge is 0.159 e. The van der Waals surface area contributed by atoms with Gasteiger partial charge in [-0.15, -0.1) is 0 Å². The van der Waals surface area contributed by atoms with E-state index in [1.54, 1.807) is 6.07 Å². The minimum atomic E-state index is -0.827. The summed E-state index contributed by atoms with van der Waals surface area (Å²) >= 11 is 0. The van der Waals surface area contributed by atoms with Crippen LogP contribution in [0, 0.1) is 11.6 Å². The van der Waals surface area contributed by atoms with Crippen LogP contribution < -0.4 is 0 Å². The standard InChI is InChI=1S/C27H22F2/c1-19(21-5-3-2-4-6-21)17-20-7-9-22(10-8-20)23-11-13-24(14-12-23)25-15-16-26(28)27(29)18-25/h2-16,18-19H,17H2,1H3/t19-/m0/s1. The molecule has 0 saturated heterocycles. The lowest BCUT2D eigenvalue weighted by Crippen LogP contribution is -1.98. The fourth-order valence-corrected chi connectivity index (χ4v) is 3.62. The molecule has 4 rings (SSSR count). The van der Waals surface area contributed by atoms with Crippen molar-refractivity contribution in [1.29, 1.82) is 0 Å². The molecule has 0 unspecified atom stereocenters. The maximum absolute atomic E-state index is 13.5. The Labute approximate surface area is 170 Å². The van der Waals surface area contributed by atoms with E-state index < -0.39 is 11.6 Å². The van der Waals surface area contributed by atoms with E-state index in [9.17, 15) is 8.78 Å². The monoisotopic (exact) mass is 384 g/mol. The first-order valence-electron chi connectivity index (χ1n) is 9.80. The van der Waals surface area contributed by atoms with E-state index in [0.717, 1.165) is 29.2 Å². The highest BCUT2D eigenvalue weighted by Crippen LogP contribution is 2.27. The first-order valence-corrected chi connectivity index (χ1v) is 9.80. The number of hydrogen-bond donors (Lipinski definition) is 0. The van der Waals surface area contributed by atoms with Crippen molar-refractivity contribution in [2.24, 2.45) is 0 Å². The summed E-state index contributed by atoms with van der Waals surface area (Å²) in [6.45, 7) is 2.25. The fraction of sp³-hybridized carbons (Fsp3) is 0.111. The van der Waals surface area contributed by atoms with Gasteiger partial charge in [-0.1, -0.05) is 91.9 Å². The quantitative estimate of drug-likeness (QED) is 0.331. The SMILES string of the molecule is C[C@@H](Cc1ccc(-c2ccc(-c3ccc(F)c(F)c3)cc2)cc1)c1ccccc1. The second kappa shape index (κ2) is 8.40. The van der Waals surface area contributed by atoms with Crippen molar-refractivity contribution in [3.05, 3.63) is 120 Å². The van der Waals surface area contributed by atoms with Crippen LogP contribution in [0.4, 0.5) is 8.78 Å². The minimum Gasteiger partial charge on any atom is -0.204 e. The summed E-state index contributed by atoms with van der Waals surface area (Å²) in [6, 6.07) is 31.1. The molecule has 0 spiro atoms. The van der Waals surface area contributed by atoms with Crippen molar-refractivity contribution in [1.82, 2.24) is 0 Å². The highest BCUT2D eigenvalue weighted by molar-refractivity contribution is 5.70. The van der Waals surface area contributed by atoms with Gasteiger partial charge < -0.3 is 0 Å². The van der Waals surface area contributed by atoms with E-state index in [1.807, 2.05) is 30.3 Å². The maximum Gasteiger partial charge on any atom is 0.159 e. The topological polar surface area (TPSA) is 0 Å². The second-order valence-electron chi connectivity index (χ2n) is 7.42. The van der Waals surface area contributed by atoms with Gasteiger partial charge >= 0.3 is 0 Å². The third kappa shape index (κ3) is 4.43. The van der Waals surface area contributed by atoms with Crippen LogP contribution >= 0.6 is 0 Å². The van der Waals surface area contributed by atoms with Gasteiger partial charge in [0.05, 0.1) is 0 Å². The average molecular weight is 384 g/mol. The molecule has 1 atom stereocenters. The number of halogens is 2. The molecule has 4 aromatic carbocycles. The molecule has 2 heteroatoms. The van der Waals surface area contributed by atoms with Crippen LogP contribution in [0.15, 0.2) is 97.1 Å². The maximum atomic E-state index is 13.5. The summed E-state index contributed by atoms with van der Waals surface area (Å²) in [5, 5.41) is 0. The minimum absolute atomic E-state index is 0.470. The molecule has 0 bridgehead atoms. The summed E-state index contributed by atoms with van der Waals surface area (Å²) in [5.74, 6) is -1.18. The summed E-state index contributed by atoms with van der Waals surface area (Å²) in [6.07, 6.45) is 0.999. The van der Waals surface area contributed by atoms with Crippen molar-refractivity contribution in [2.75, 3.05) is 0 Å². The largest absolute Gasteiger partial charge is 0.204 e. The Kier molecular flexibility index (Phi) is 5.53. The summed E-state index contributed by atoms with van der Waals surface area (Å²) in [7, 11) is 0. The van der Waals surface area contributed by atoms with Gasteiger partial charge in [-0.05, 0) is 57.9 Å². The molecular weight excluding hydrogens is 362 g/mol. The molecule has 0 saturated carbocycles. The van der Waals surface area contributed by atoms with E-state index >= 15 is 0 Å². The van der Waals surface area contributed by atoms with E-state index in [2.05, 4.69) is 55.5 Å². The number of benzene rings is 4. The van der Waals surface area contributed by atoms with Gasteiger partial charge in [0.25, 0.3) is 0 Å². The van der Waals surface area contributed by atoms with Gasteiger partial charge in [0.1, 0.15) is 0 Å². The Morgan fingerprint density at radius 3 is 1.69 bits per heavy atom. The molecule has 4 aromatic rings. The Balaban J connectivity index is 1.48. The summed E-state index contributed by atoms with van der Waals surface area (Å²) < 4.78 is 26.6. The summed E-state index contributed by atoms with van der Waals surface area (Å²) in [4.78, 5) is 0. The fourth-order valence-electron chi connectivity index (χ4n) is 3.62. The normalized spacial score (nSPS) is 12.0. The zero-order valence-corrected chi connectivity index (χ0v) is 16.3. The van der Waals surface area contributed by atoms with Crippen LogP contribution in [-0.2, 0) is 6.42 Å². The first-order chi connectivity index (χ1) is 14.1. The molecule has 29 heavy (non-hydrogen) atoms. The molecule has 0 amide bonds. The van der Waals surface area contributed by atoms with Crippen molar-refractivity contribution < 1.29 is 8.78 Å².